The van der Waals surface area contributed by atoms with E-state index < -0.39 is 0 Å². The van der Waals surface area contributed by atoms with Crippen molar-refractivity contribution in [3.05, 3.63) is 23.7 Å². The molecule has 0 amide bonds. The van der Waals surface area contributed by atoms with E-state index in [2.05, 4.69) is 30.4 Å². The van der Waals surface area contributed by atoms with Gasteiger partial charge in [-0.2, -0.15) is 0 Å². The monoisotopic (exact) mass is 264 g/mol. The predicted molar refractivity (Wildman–Crippen MR) is 79.2 cm³/mol. The van der Waals surface area contributed by atoms with Crippen LogP contribution in [0.1, 0.15) is 43.6 Å². The molecule has 1 aliphatic carbocycles. The van der Waals surface area contributed by atoms with Gasteiger partial charge in [-0.15, -0.1) is 0 Å². The van der Waals surface area contributed by atoms with Crippen molar-refractivity contribution in [2.45, 2.75) is 45.6 Å². The topological polar surface area (TPSA) is 28.4 Å². The van der Waals surface area contributed by atoms with Gasteiger partial charge in [-0.3, -0.25) is 4.90 Å². The number of furan rings is 1. The predicted octanol–water partition coefficient (Wildman–Crippen LogP) is 3.19. The van der Waals surface area contributed by atoms with E-state index in [0.717, 1.165) is 31.2 Å². The quantitative estimate of drug-likeness (QED) is 0.855. The third-order valence-corrected chi connectivity index (χ3v) is 4.29. The van der Waals surface area contributed by atoms with Crippen LogP contribution in [0.4, 0.5) is 0 Å². The Kier molecular flexibility index (Phi) is 5.06. The summed E-state index contributed by atoms with van der Waals surface area (Å²) in [5.74, 6) is 2.08. The fourth-order valence-electron chi connectivity index (χ4n) is 3.53. The van der Waals surface area contributed by atoms with Crippen molar-refractivity contribution in [1.82, 2.24) is 10.2 Å². The first kappa shape index (κ1) is 14.6. The first-order valence-electron chi connectivity index (χ1n) is 7.52. The lowest BCUT2D eigenvalue weighted by Crippen LogP contribution is -2.43. The highest BCUT2D eigenvalue weighted by Crippen LogP contribution is 2.36. The average molecular weight is 264 g/mol. The van der Waals surface area contributed by atoms with Gasteiger partial charge in [-0.25, -0.2) is 0 Å². The molecule has 108 valence electrons. The maximum absolute atomic E-state index is 5.68. The summed E-state index contributed by atoms with van der Waals surface area (Å²) in [7, 11) is 4.29. The largest absolute Gasteiger partial charge is 0.465 e. The van der Waals surface area contributed by atoms with Crippen LogP contribution in [0.2, 0.25) is 0 Å². The molecule has 1 N–H and O–H groups in total. The molecule has 3 nitrogen and oxygen atoms in total. The summed E-state index contributed by atoms with van der Waals surface area (Å²) in [4.78, 5) is 2.42. The molecule has 19 heavy (non-hydrogen) atoms. The molecule has 1 fully saturated rings. The molecule has 1 aromatic rings. The Labute approximate surface area is 117 Å². The highest BCUT2D eigenvalue weighted by molar-refractivity contribution is 5.05. The third kappa shape index (κ3) is 4.08. The Bertz CT molecular complexity index is 374. The van der Waals surface area contributed by atoms with Gasteiger partial charge in [0.2, 0.25) is 0 Å². The minimum Gasteiger partial charge on any atom is -0.465 e. The molecule has 0 unspecified atom stereocenters. The van der Waals surface area contributed by atoms with Gasteiger partial charge in [0.15, 0.2) is 0 Å². The second-order valence-electron chi connectivity index (χ2n) is 6.28. The van der Waals surface area contributed by atoms with Crippen molar-refractivity contribution in [3.63, 3.8) is 0 Å². The van der Waals surface area contributed by atoms with E-state index in [9.17, 15) is 0 Å². The number of hydrogen-bond acceptors (Lipinski definition) is 3. The van der Waals surface area contributed by atoms with Crippen molar-refractivity contribution in [3.8, 4) is 0 Å². The highest BCUT2D eigenvalue weighted by atomic mass is 16.3. The van der Waals surface area contributed by atoms with Crippen LogP contribution in [0.25, 0.3) is 0 Å². The molecule has 1 aromatic heterocycles. The van der Waals surface area contributed by atoms with Gasteiger partial charge in [-0.05, 0) is 51.4 Å². The summed E-state index contributed by atoms with van der Waals surface area (Å²) in [5, 5.41) is 3.40. The van der Waals surface area contributed by atoms with Crippen LogP contribution in [-0.4, -0.2) is 32.1 Å². The lowest BCUT2D eigenvalue weighted by Gasteiger charge is -2.40. The van der Waals surface area contributed by atoms with Gasteiger partial charge in [0.1, 0.15) is 11.5 Å². The fourth-order valence-corrected chi connectivity index (χ4v) is 3.53. The van der Waals surface area contributed by atoms with Gasteiger partial charge in [0.05, 0.1) is 6.54 Å². The van der Waals surface area contributed by atoms with E-state index in [4.69, 9.17) is 4.42 Å². The van der Waals surface area contributed by atoms with Crippen LogP contribution in [0.15, 0.2) is 16.5 Å². The van der Waals surface area contributed by atoms with E-state index in [1.807, 2.05) is 13.0 Å². The van der Waals surface area contributed by atoms with E-state index in [1.165, 1.54) is 32.1 Å². The van der Waals surface area contributed by atoms with Gasteiger partial charge in [0, 0.05) is 13.1 Å². The highest BCUT2D eigenvalue weighted by Gasteiger charge is 2.32. The fraction of sp³-hybridized carbons (Fsp3) is 0.750. The molecule has 0 aliphatic heterocycles. The van der Waals surface area contributed by atoms with Gasteiger partial charge in [-0.1, -0.05) is 19.3 Å². The van der Waals surface area contributed by atoms with Crippen molar-refractivity contribution < 1.29 is 4.42 Å². The summed E-state index contributed by atoms with van der Waals surface area (Å²) in [6.45, 7) is 5.22. The summed E-state index contributed by atoms with van der Waals surface area (Å²) in [6, 6.07) is 4.14. The van der Waals surface area contributed by atoms with Gasteiger partial charge in [0.25, 0.3) is 0 Å². The third-order valence-electron chi connectivity index (χ3n) is 4.29. The Balaban J connectivity index is 1.92. The molecule has 0 saturated heterocycles. The van der Waals surface area contributed by atoms with E-state index >= 15 is 0 Å². The van der Waals surface area contributed by atoms with Crippen LogP contribution in [0.5, 0.6) is 0 Å². The Morgan fingerprint density at radius 1 is 1.26 bits per heavy atom. The second-order valence-corrected chi connectivity index (χ2v) is 6.28. The maximum Gasteiger partial charge on any atom is 0.118 e. The Hall–Kier alpha value is -0.800. The number of hydrogen-bond donors (Lipinski definition) is 1. The van der Waals surface area contributed by atoms with Crippen molar-refractivity contribution in [2.24, 2.45) is 5.41 Å². The van der Waals surface area contributed by atoms with Crippen molar-refractivity contribution in [1.29, 1.82) is 0 Å². The first-order valence-corrected chi connectivity index (χ1v) is 7.52. The molecule has 1 saturated carbocycles. The molecule has 0 bridgehead atoms. The van der Waals surface area contributed by atoms with Crippen LogP contribution >= 0.6 is 0 Å². The van der Waals surface area contributed by atoms with Crippen LogP contribution in [-0.2, 0) is 6.54 Å². The molecular formula is C16H28N2O. The van der Waals surface area contributed by atoms with Gasteiger partial charge >= 0.3 is 0 Å². The summed E-state index contributed by atoms with van der Waals surface area (Å²) >= 11 is 0. The Morgan fingerprint density at radius 3 is 2.58 bits per heavy atom. The molecule has 3 heteroatoms. The van der Waals surface area contributed by atoms with Crippen LogP contribution < -0.4 is 5.32 Å². The summed E-state index contributed by atoms with van der Waals surface area (Å²) in [5.41, 5.74) is 0.462. The second kappa shape index (κ2) is 6.58. The summed E-state index contributed by atoms with van der Waals surface area (Å²) < 4.78 is 5.68. The molecule has 1 heterocycles. The molecule has 0 radical (unpaired) electrons. The minimum atomic E-state index is 0.462. The number of nitrogens with one attached hydrogen (secondary N) is 1. The number of nitrogens with zero attached hydrogens (tertiary/aromatic N) is 1. The maximum atomic E-state index is 5.68. The molecule has 0 atom stereocenters. The first-order chi connectivity index (χ1) is 9.13. The standard InChI is InChI=1S/C16H28N2O/c1-14-7-8-15(19-14)11-18(3)13-16(12-17-2)9-5-4-6-10-16/h7-8,17H,4-6,9-13H2,1-3H3. The molecule has 1 aliphatic rings. The molecule has 2 rings (SSSR count). The lowest BCUT2D eigenvalue weighted by molar-refractivity contribution is 0.112. The van der Waals surface area contributed by atoms with Crippen LogP contribution in [0, 0.1) is 12.3 Å². The van der Waals surface area contributed by atoms with E-state index in [-0.39, 0.29) is 0 Å². The minimum absolute atomic E-state index is 0.462. The SMILES string of the molecule is CNCC1(CN(C)Cc2ccc(C)o2)CCCCC1. The lowest BCUT2D eigenvalue weighted by atomic mass is 9.73. The molecule has 0 spiro atoms. The van der Waals surface area contributed by atoms with Crippen LogP contribution in [0.3, 0.4) is 0 Å². The van der Waals surface area contributed by atoms with E-state index in [0.29, 0.717) is 5.41 Å². The number of aryl methyl sites for hydroxylation is 1. The Morgan fingerprint density at radius 2 is 2.00 bits per heavy atom. The normalized spacial score (nSPS) is 18.9. The average Bonchev–Trinajstić information content (AvgIpc) is 2.75. The zero-order valence-electron chi connectivity index (χ0n) is 12.7. The zero-order chi connectivity index (χ0) is 13.7. The zero-order valence-corrected chi connectivity index (χ0v) is 12.7. The molecule has 0 aromatic carbocycles. The smallest absolute Gasteiger partial charge is 0.118 e. The number of rotatable bonds is 6. The molecular weight excluding hydrogens is 236 g/mol. The van der Waals surface area contributed by atoms with Crippen molar-refractivity contribution in [2.75, 3.05) is 27.2 Å². The van der Waals surface area contributed by atoms with E-state index in [1.54, 1.807) is 0 Å². The summed E-state index contributed by atoms with van der Waals surface area (Å²) in [6.07, 6.45) is 6.89. The van der Waals surface area contributed by atoms with Gasteiger partial charge < -0.3 is 9.73 Å². The van der Waals surface area contributed by atoms with Crippen molar-refractivity contribution >= 4 is 0 Å².